The Labute approximate surface area is 258 Å². The molecule has 1 heterocycles. The van der Waals surface area contributed by atoms with E-state index in [9.17, 15) is 37.1 Å². The number of nitrogens with one attached hydrogen (secondary N) is 4. The van der Waals surface area contributed by atoms with E-state index >= 15 is 0 Å². The summed E-state index contributed by atoms with van der Waals surface area (Å²) >= 11 is 0. The number of amides is 4. The van der Waals surface area contributed by atoms with Gasteiger partial charge in [-0.2, -0.15) is 13.2 Å². The number of rotatable bonds is 13. The minimum absolute atomic E-state index is 0.0979. The number of aromatic nitrogens is 1. The molecule has 0 bridgehead atoms. The molecule has 0 saturated carbocycles. The highest BCUT2D eigenvalue weighted by molar-refractivity contribution is 6.38. The van der Waals surface area contributed by atoms with Crippen molar-refractivity contribution in [2.45, 2.75) is 58.0 Å². The van der Waals surface area contributed by atoms with Crippen LogP contribution in [-0.2, 0) is 38.3 Å². The Balaban J connectivity index is 1.73. The Morgan fingerprint density at radius 3 is 2.02 bits per heavy atom. The van der Waals surface area contributed by atoms with Crippen molar-refractivity contribution in [3.8, 4) is 0 Å². The Hall–Kier alpha value is -5.07. The zero-order valence-electron chi connectivity index (χ0n) is 24.9. The summed E-state index contributed by atoms with van der Waals surface area (Å²) in [4.78, 5) is 68.5. The molecule has 1 aromatic heterocycles. The molecule has 0 spiro atoms. The van der Waals surface area contributed by atoms with Gasteiger partial charge in [0.1, 0.15) is 12.1 Å². The Morgan fingerprint density at radius 1 is 0.778 bits per heavy atom. The maximum atomic E-state index is 13.7. The molecule has 0 radical (unpaired) electrons. The van der Waals surface area contributed by atoms with Crippen molar-refractivity contribution in [1.29, 1.82) is 0 Å². The van der Waals surface area contributed by atoms with Gasteiger partial charge in [-0.05, 0) is 42.2 Å². The Kier molecular flexibility index (Phi) is 11.9. The summed E-state index contributed by atoms with van der Waals surface area (Å²) in [5.41, 5.74) is -0.343. The average Bonchev–Trinajstić information content (AvgIpc) is 3.02. The molecular weight excluding hydrogens is 591 g/mol. The van der Waals surface area contributed by atoms with Gasteiger partial charge in [0, 0.05) is 30.9 Å². The summed E-state index contributed by atoms with van der Waals surface area (Å²) in [5, 5.41) is 9.84. The van der Waals surface area contributed by atoms with E-state index in [-0.39, 0.29) is 17.7 Å². The summed E-state index contributed by atoms with van der Waals surface area (Å²) in [6.07, 6.45) is -2.58. The lowest BCUT2D eigenvalue weighted by atomic mass is 9.98. The lowest BCUT2D eigenvalue weighted by Gasteiger charge is -2.25. The van der Waals surface area contributed by atoms with Gasteiger partial charge in [-0.3, -0.25) is 29.0 Å². The van der Waals surface area contributed by atoms with Crippen LogP contribution < -0.4 is 21.3 Å². The second-order valence-electron chi connectivity index (χ2n) is 10.6. The third kappa shape index (κ3) is 9.98. The quantitative estimate of drug-likeness (QED) is 0.215. The first-order chi connectivity index (χ1) is 21.3. The van der Waals surface area contributed by atoms with Crippen molar-refractivity contribution < 1.29 is 37.1 Å². The molecule has 10 nitrogen and oxygen atoms in total. The molecule has 45 heavy (non-hydrogen) atoms. The molecule has 0 fully saturated rings. The van der Waals surface area contributed by atoms with Crippen molar-refractivity contribution >= 4 is 29.4 Å². The van der Waals surface area contributed by atoms with Crippen LogP contribution in [0.3, 0.4) is 0 Å². The van der Waals surface area contributed by atoms with Crippen LogP contribution in [-0.4, -0.2) is 52.5 Å². The molecule has 3 aromatic rings. The fourth-order valence-corrected chi connectivity index (χ4v) is 4.35. The number of alkyl halides is 3. The summed E-state index contributed by atoms with van der Waals surface area (Å²) in [6, 6.07) is 12.2. The number of carbonyl (C=O) groups is 5. The smallest absolute Gasteiger partial charge is 0.345 e. The predicted octanol–water partition coefficient (Wildman–Crippen LogP) is 2.97. The van der Waals surface area contributed by atoms with Gasteiger partial charge in [-0.1, -0.05) is 62.4 Å². The predicted molar refractivity (Wildman–Crippen MR) is 158 cm³/mol. The molecule has 4 amide bonds. The molecule has 13 heteroatoms. The molecule has 0 aliphatic heterocycles. The maximum absolute atomic E-state index is 13.7. The summed E-state index contributed by atoms with van der Waals surface area (Å²) < 4.78 is 41.0. The summed E-state index contributed by atoms with van der Waals surface area (Å²) in [6.45, 7) is 4.65. The van der Waals surface area contributed by atoms with Crippen LogP contribution in [0.2, 0.25) is 0 Å². The van der Waals surface area contributed by atoms with Gasteiger partial charge in [0.15, 0.2) is 0 Å². The van der Waals surface area contributed by atoms with E-state index in [4.69, 9.17) is 0 Å². The van der Waals surface area contributed by atoms with Crippen LogP contribution in [0.4, 0.5) is 13.2 Å². The van der Waals surface area contributed by atoms with Gasteiger partial charge in [0.25, 0.3) is 11.8 Å². The fraction of sp³-hybridized carbons (Fsp3) is 0.312. The number of nitrogens with zero attached hydrogens (tertiary/aromatic N) is 1. The Bertz CT molecular complexity index is 1500. The first-order valence-corrected chi connectivity index (χ1v) is 14.1. The number of ketones is 1. The van der Waals surface area contributed by atoms with E-state index in [0.717, 1.165) is 11.6 Å². The van der Waals surface area contributed by atoms with Gasteiger partial charge < -0.3 is 21.3 Å². The normalized spacial score (nSPS) is 13.2. The van der Waals surface area contributed by atoms with Crippen molar-refractivity contribution in [3.05, 3.63) is 101 Å². The number of Topliss-reactive ketones (excluding diaryl/α,β-unsaturated/α-hetero) is 1. The lowest BCUT2D eigenvalue weighted by Crippen LogP contribution is -2.57. The van der Waals surface area contributed by atoms with Crippen LogP contribution in [0.1, 0.15) is 47.8 Å². The van der Waals surface area contributed by atoms with Crippen LogP contribution in [0.15, 0.2) is 79.1 Å². The van der Waals surface area contributed by atoms with Gasteiger partial charge in [0.2, 0.25) is 17.6 Å². The molecule has 3 atom stereocenters. The topological polar surface area (TPSA) is 146 Å². The van der Waals surface area contributed by atoms with Crippen LogP contribution in [0.5, 0.6) is 0 Å². The Morgan fingerprint density at radius 2 is 1.40 bits per heavy atom. The molecule has 4 N–H and O–H groups in total. The molecule has 0 saturated heterocycles. The minimum Gasteiger partial charge on any atom is -0.345 e. The maximum Gasteiger partial charge on any atom is 0.416 e. The third-order valence-electron chi connectivity index (χ3n) is 6.83. The summed E-state index contributed by atoms with van der Waals surface area (Å²) in [7, 11) is 0. The highest BCUT2D eigenvalue weighted by Gasteiger charge is 2.35. The molecule has 2 aromatic carbocycles. The van der Waals surface area contributed by atoms with E-state index in [0.29, 0.717) is 0 Å². The average molecular weight is 626 g/mol. The highest BCUT2D eigenvalue weighted by atomic mass is 19.4. The van der Waals surface area contributed by atoms with Crippen LogP contribution in [0.25, 0.3) is 0 Å². The van der Waals surface area contributed by atoms with Crippen LogP contribution in [0, 0.1) is 5.92 Å². The van der Waals surface area contributed by atoms with Crippen LogP contribution >= 0.6 is 0 Å². The number of carbonyl (C=O) groups excluding carboxylic acids is 5. The molecule has 3 rings (SSSR count). The van der Waals surface area contributed by atoms with E-state index in [2.05, 4.69) is 26.3 Å². The first kappa shape index (κ1) is 34.4. The second kappa shape index (κ2) is 15.6. The van der Waals surface area contributed by atoms with E-state index < -0.39 is 71.6 Å². The van der Waals surface area contributed by atoms with Crippen molar-refractivity contribution in [2.75, 3.05) is 0 Å². The largest absolute Gasteiger partial charge is 0.416 e. The molecule has 0 unspecified atom stereocenters. The third-order valence-corrected chi connectivity index (χ3v) is 6.83. The molecule has 0 aliphatic rings. The van der Waals surface area contributed by atoms with Crippen molar-refractivity contribution in [1.82, 2.24) is 26.3 Å². The number of pyridine rings is 1. The van der Waals surface area contributed by atoms with Gasteiger partial charge in [-0.25, -0.2) is 0 Å². The number of hydrogen-bond acceptors (Lipinski definition) is 6. The first-order valence-electron chi connectivity index (χ1n) is 14.1. The van der Waals surface area contributed by atoms with E-state index in [1.54, 1.807) is 44.2 Å². The number of halogens is 3. The zero-order valence-corrected chi connectivity index (χ0v) is 24.9. The SMILES string of the molecule is CC(C)[C@H](NC(=O)[C@H](C)NC(=O)[C@H](Cc1ccccc1C(F)(F)F)NC(=O)c1ccncc1)C(=O)C(=O)NCc1ccccc1. The lowest BCUT2D eigenvalue weighted by molar-refractivity contribution is -0.141. The van der Waals surface area contributed by atoms with E-state index in [1.165, 1.54) is 49.6 Å². The molecule has 0 aliphatic carbocycles. The van der Waals surface area contributed by atoms with Crippen molar-refractivity contribution in [3.63, 3.8) is 0 Å². The minimum atomic E-state index is -4.72. The van der Waals surface area contributed by atoms with Gasteiger partial charge in [0.05, 0.1) is 11.6 Å². The standard InChI is InChI=1S/C32H34F3N5O5/c1-19(2)26(27(41)31(45)37-18-21-9-5-4-6-10-21)40-28(42)20(3)38-30(44)25(39-29(43)22-13-15-36-16-14-22)17-23-11-7-8-12-24(23)32(33,34)35/h4-16,19-20,25-26H,17-18H2,1-3H3,(H,37,45)(H,38,44)(H,39,43)(H,40,42)/t20-,25-,26-/m0/s1. The number of hydrogen-bond donors (Lipinski definition) is 4. The summed E-state index contributed by atoms with van der Waals surface area (Å²) in [5.74, 6) is -4.80. The van der Waals surface area contributed by atoms with Gasteiger partial charge >= 0.3 is 6.18 Å². The van der Waals surface area contributed by atoms with E-state index in [1.807, 2.05) is 0 Å². The highest BCUT2D eigenvalue weighted by Crippen LogP contribution is 2.32. The monoisotopic (exact) mass is 625 g/mol. The zero-order chi connectivity index (χ0) is 33.1. The molecular formula is C32H34F3N5O5. The fourth-order valence-electron chi connectivity index (χ4n) is 4.35. The van der Waals surface area contributed by atoms with Crippen molar-refractivity contribution in [2.24, 2.45) is 5.92 Å². The number of benzene rings is 2. The second-order valence-corrected chi connectivity index (χ2v) is 10.6. The molecule has 238 valence electrons. The van der Waals surface area contributed by atoms with Gasteiger partial charge in [-0.15, -0.1) is 0 Å².